The zero-order valence-electron chi connectivity index (χ0n) is 5.19. The molecule has 0 saturated carbocycles. The van der Waals surface area contributed by atoms with Crippen LogP contribution in [-0.2, 0) is 0 Å². The normalized spacial score (nSPS) is 16.6. The van der Waals surface area contributed by atoms with Crippen molar-refractivity contribution in [3.63, 3.8) is 0 Å². The zero-order valence-corrected chi connectivity index (χ0v) is 6.01. The molecule has 0 aliphatic carbocycles. The van der Waals surface area contributed by atoms with Crippen molar-refractivity contribution in [2.45, 2.75) is 25.5 Å². The second kappa shape index (κ2) is 1.97. The van der Waals surface area contributed by atoms with E-state index in [2.05, 4.69) is 26.6 Å². The molecule has 0 aliphatic heterocycles. The van der Waals surface area contributed by atoms with Crippen LogP contribution < -0.4 is 5.14 Å². The Labute approximate surface area is 48.0 Å². The van der Waals surface area contributed by atoms with Crippen molar-refractivity contribution >= 4 is 16.5 Å². The highest BCUT2D eigenvalue weighted by atomic mass is 32.2. The van der Waals surface area contributed by atoms with E-state index in [4.69, 9.17) is 5.14 Å². The Morgan fingerprint density at radius 3 is 1.57 bits per heavy atom. The number of nitrogens with two attached hydrogens (primary N) is 1. The van der Waals surface area contributed by atoms with Crippen molar-refractivity contribution in [1.82, 2.24) is 0 Å². The predicted molar refractivity (Wildman–Crippen MR) is 38.7 cm³/mol. The van der Waals surface area contributed by atoms with Gasteiger partial charge in [-0.25, -0.2) is 0 Å². The van der Waals surface area contributed by atoms with Gasteiger partial charge >= 0.3 is 0 Å². The minimum absolute atomic E-state index is 0.183. The van der Waals surface area contributed by atoms with E-state index in [0.717, 1.165) is 0 Å². The van der Waals surface area contributed by atoms with Gasteiger partial charge in [-0.2, -0.15) is 0 Å². The van der Waals surface area contributed by atoms with Crippen LogP contribution in [0.15, 0.2) is 0 Å². The van der Waals surface area contributed by atoms with Crippen LogP contribution in [-0.4, -0.2) is 10.6 Å². The maximum Gasteiger partial charge on any atom is 0.0149 e. The third-order valence-corrected chi connectivity index (χ3v) is 2.36. The summed E-state index contributed by atoms with van der Waals surface area (Å²) in [6.07, 6.45) is 0. The molecule has 44 valence electrons. The first-order valence-corrected chi connectivity index (χ1v) is 3.69. The third-order valence-electron chi connectivity index (χ3n) is 0.787. The Morgan fingerprint density at radius 1 is 1.43 bits per heavy atom. The molecule has 0 rings (SSSR count). The summed E-state index contributed by atoms with van der Waals surface area (Å²) in [7, 11) is -0.183. The Morgan fingerprint density at radius 2 is 1.57 bits per heavy atom. The summed E-state index contributed by atoms with van der Waals surface area (Å²) in [6, 6.07) is 0. The molecule has 1 unspecified atom stereocenters. The fourth-order valence-corrected chi connectivity index (χ4v) is 0. The molecule has 2 N–H and O–H groups in total. The first-order valence-electron chi connectivity index (χ1n) is 2.23. The van der Waals surface area contributed by atoms with Gasteiger partial charge in [0.15, 0.2) is 0 Å². The van der Waals surface area contributed by atoms with Gasteiger partial charge in [-0.3, -0.25) is 5.14 Å². The van der Waals surface area contributed by atoms with Gasteiger partial charge in [-0.1, -0.05) is 26.6 Å². The Kier molecular flexibility index (Phi) is 2.02. The second-order valence-electron chi connectivity index (χ2n) is 2.54. The van der Waals surface area contributed by atoms with Crippen LogP contribution in [0, 0.1) is 0 Å². The number of rotatable bonds is 0. The molecule has 0 aliphatic rings. The molecule has 1 atom stereocenters. The van der Waals surface area contributed by atoms with E-state index in [1.165, 1.54) is 0 Å². The smallest absolute Gasteiger partial charge is 0.0149 e. The Balaban J connectivity index is 3.79. The minimum Gasteiger partial charge on any atom is -0.283 e. The molecule has 2 heteroatoms. The van der Waals surface area contributed by atoms with Gasteiger partial charge in [0.05, 0.1) is 0 Å². The van der Waals surface area contributed by atoms with Gasteiger partial charge in [0.25, 0.3) is 0 Å². The summed E-state index contributed by atoms with van der Waals surface area (Å²) >= 11 is 0. The SMILES string of the molecule is C=S(N)C(C)(C)C. The highest BCUT2D eigenvalue weighted by Crippen LogP contribution is 2.21. The second-order valence-corrected chi connectivity index (χ2v) is 4.62. The lowest BCUT2D eigenvalue weighted by atomic mass is 10.3. The molecule has 0 radical (unpaired) electrons. The molecular formula is C5H13NS. The molecule has 0 fully saturated rings. The molecule has 1 nitrogen and oxygen atoms in total. The van der Waals surface area contributed by atoms with Gasteiger partial charge < -0.3 is 0 Å². The van der Waals surface area contributed by atoms with Crippen molar-refractivity contribution in [3.05, 3.63) is 0 Å². The van der Waals surface area contributed by atoms with E-state index < -0.39 is 0 Å². The quantitative estimate of drug-likeness (QED) is 0.479. The van der Waals surface area contributed by atoms with E-state index in [0.29, 0.717) is 0 Å². The summed E-state index contributed by atoms with van der Waals surface area (Å²) in [5.41, 5.74) is 0. The fourth-order valence-electron chi connectivity index (χ4n) is 0. The summed E-state index contributed by atoms with van der Waals surface area (Å²) in [4.78, 5) is 0. The molecule has 0 saturated heterocycles. The number of hydrogen-bond acceptors (Lipinski definition) is 1. The molecule has 0 spiro atoms. The highest BCUT2D eigenvalue weighted by molar-refractivity contribution is 8.13. The van der Waals surface area contributed by atoms with Gasteiger partial charge in [0, 0.05) is 4.75 Å². The first kappa shape index (κ1) is 7.18. The molecule has 0 aromatic rings. The van der Waals surface area contributed by atoms with E-state index in [9.17, 15) is 0 Å². The monoisotopic (exact) mass is 119 g/mol. The summed E-state index contributed by atoms with van der Waals surface area (Å²) < 4.78 is 0.194. The van der Waals surface area contributed by atoms with E-state index in [-0.39, 0.29) is 15.4 Å². The predicted octanol–water partition coefficient (Wildman–Crippen LogP) is 1.36. The standard InChI is InChI=1S/C5H13NS/c1-5(2,3)7(4)6/h4,6H2,1-3H3. The molecule has 7 heavy (non-hydrogen) atoms. The topological polar surface area (TPSA) is 26.0 Å². The molecule has 0 amide bonds. The largest absolute Gasteiger partial charge is 0.283 e. The van der Waals surface area contributed by atoms with Crippen LogP contribution in [0.1, 0.15) is 20.8 Å². The maximum absolute atomic E-state index is 5.49. The Hall–Kier alpha value is 0.180. The van der Waals surface area contributed by atoms with Crippen LogP contribution in [0.2, 0.25) is 0 Å². The molecule has 0 aromatic carbocycles. The van der Waals surface area contributed by atoms with Crippen molar-refractivity contribution in [2.24, 2.45) is 5.14 Å². The minimum atomic E-state index is -0.183. The lowest BCUT2D eigenvalue weighted by molar-refractivity contribution is 0.802. The lowest BCUT2D eigenvalue weighted by Crippen LogP contribution is -2.14. The van der Waals surface area contributed by atoms with Crippen LogP contribution in [0.25, 0.3) is 0 Å². The zero-order chi connectivity index (χ0) is 6.08. The van der Waals surface area contributed by atoms with Gasteiger partial charge in [0.1, 0.15) is 0 Å². The van der Waals surface area contributed by atoms with Gasteiger partial charge in [-0.15, -0.1) is 10.7 Å². The third kappa shape index (κ3) is 2.83. The van der Waals surface area contributed by atoms with E-state index in [1.54, 1.807) is 0 Å². The van der Waals surface area contributed by atoms with Crippen LogP contribution >= 0.6 is 10.7 Å². The van der Waals surface area contributed by atoms with Crippen molar-refractivity contribution in [2.75, 3.05) is 0 Å². The van der Waals surface area contributed by atoms with Crippen molar-refractivity contribution in [3.8, 4) is 0 Å². The molecule has 0 bridgehead atoms. The summed E-state index contributed by atoms with van der Waals surface area (Å²) in [5.74, 6) is 3.72. The van der Waals surface area contributed by atoms with Crippen LogP contribution in [0.5, 0.6) is 0 Å². The first-order chi connectivity index (χ1) is 2.94. The summed E-state index contributed by atoms with van der Waals surface area (Å²) in [5, 5.41) is 5.49. The van der Waals surface area contributed by atoms with Crippen LogP contribution in [0.4, 0.5) is 0 Å². The number of hydrogen-bond donors (Lipinski definition) is 1. The van der Waals surface area contributed by atoms with Crippen molar-refractivity contribution in [1.29, 1.82) is 0 Å². The van der Waals surface area contributed by atoms with Gasteiger partial charge in [0.2, 0.25) is 0 Å². The maximum atomic E-state index is 5.49. The van der Waals surface area contributed by atoms with Crippen LogP contribution in [0.3, 0.4) is 0 Å². The average molecular weight is 119 g/mol. The summed E-state index contributed by atoms with van der Waals surface area (Å²) in [6.45, 7) is 6.26. The van der Waals surface area contributed by atoms with E-state index in [1.807, 2.05) is 0 Å². The van der Waals surface area contributed by atoms with Crippen molar-refractivity contribution < 1.29 is 0 Å². The molecule has 0 heterocycles. The van der Waals surface area contributed by atoms with Gasteiger partial charge in [-0.05, 0) is 0 Å². The Bertz CT molecular complexity index is 80.6. The average Bonchev–Trinajstić information content (AvgIpc) is 1.31. The van der Waals surface area contributed by atoms with E-state index >= 15 is 0 Å². The molecule has 0 aromatic heterocycles. The lowest BCUT2D eigenvalue weighted by Gasteiger charge is -2.17. The molecular weight excluding hydrogens is 106 g/mol. The fraction of sp³-hybridized carbons (Fsp3) is 0.800. The highest BCUT2D eigenvalue weighted by Gasteiger charge is 2.08.